The highest BCUT2D eigenvalue weighted by atomic mass is 19.4. The number of hydrogen-bond acceptors (Lipinski definition) is 6. The molecule has 1 aromatic rings. The summed E-state index contributed by atoms with van der Waals surface area (Å²) in [6, 6.07) is 2.34. The highest BCUT2D eigenvalue weighted by Gasteiger charge is 2.30. The molecule has 1 aliphatic rings. The lowest BCUT2D eigenvalue weighted by Gasteiger charge is -2.29. The van der Waals surface area contributed by atoms with E-state index >= 15 is 0 Å². The van der Waals surface area contributed by atoms with Gasteiger partial charge in [0.15, 0.2) is 18.1 Å². The number of rotatable bonds is 8. The van der Waals surface area contributed by atoms with E-state index in [1.807, 2.05) is 0 Å². The minimum Gasteiger partial charge on any atom is -0.493 e. The molecule has 0 spiro atoms. The van der Waals surface area contributed by atoms with Crippen molar-refractivity contribution in [3.8, 4) is 11.5 Å². The zero-order chi connectivity index (χ0) is 20.0. The van der Waals surface area contributed by atoms with E-state index < -0.39 is 17.7 Å². The number of nitrogens with zero attached hydrogens (tertiary/aromatic N) is 2. The molecule has 1 saturated heterocycles. The van der Waals surface area contributed by atoms with Gasteiger partial charge in [-0.2, -0.15) is 13.2 Å². The van der Waals surface area contributed by atoms with Crippen LogP contribution in [0.5, 0.6) is 11.5 Å². The predicted molar refractivity (Wildman–Crippen MR) is 93.1 cm³/mol. The first-order chi connectivity index (χ1) is 12.7. The first kappa shape index (κ1) is 21.2. The standard InChI is InChI=1S/C17H24F3N3O4/c1-22-5-3-12(4-6-22)9-21-10-13-7-15(26-2)16(8-14(13)23(24)25)27-11-17(18,19)20/h7-8,12,21H,3-6,9-11H2,1-2H3. The lowest BCUT2D eigenvalue weighted by atomic mass is 9.97. The number of nitro groups is 1. The summed E-state index contributed by atoms with van der Waals surface area (Å²) >= 11 is 0. The van der Waals surface area contributed by atoms with Gasteiger partial charge in [0, 0.05) is 12.1 Å². The van der Waals surface area contributed by atoms with Crippen LogP contribution in [0.2, 0.25) is 0 Å². The zero-order valence-corrected chi connectivity index (χ0v) is 15.3. The zero-order valence-electron chi connectivity index (χ0n) is 15.3. The van der Waals surface area contributed by atoms with Crippen LogP contribution in [0, 0.1) is 16.0 Å². The Balaban J connectivity index is 2.06. The van der Waals surface area contributed by atoms with E-state index in [0.29, 0.717) is 11.5 Å². The summed E-state index contributed by atoms with van der Waals surface area (Å²) in [6.07, 6.45) is -2.44. The average molecular weight is 391 g/mol. The molecule has 0 aromatic heterocycles. The predicted octanol–water partition coefficient (Wildman–Crippen LogP) is 2.98. The van der Waals surface area contributed by atoms with Crippen molar-refractivity contribution in [1.82, 2.24) is 10.2 Å². The summed E-state index contributed by atoms with van der Waals surface area (Å²) in [7, 11) is 3.35. The summed E-state index contributed by atoms with van der Waals surface area (Å²) in [5, 5.41) is 14.5. The van der Waals surface area contributed by atoms with Crippen molar-refractivity contribution < 1.29 is 27.6 Å². The van der Waals surface area contributed by atoms with Gasteiger partial charge in [-0.3, -0.25) is 10.1 Å². The second-order valence-electron chi connectivity index (χ2n) is 6.67. The summed E-state index contributed by atoms with van der Waals surface area (Å²) < 4.78 is 46.8. The van der Waals surface area contributed by atoms with Crippen LogP contribution >= 0.6 is 0 Å². The van der Waals surface area contributed by atoms with Crippen molar-refractivity contribution >= 4 is 5.69 Å². The molecule has 2 rings (SSSR count). The first-order valence-corrected chi connectivity index (χ1v) is 8.63. The third-order valence-corrected chi connectivity index (χ3v) is 4.54. The minimum absolute atomic E-state index is 0.0286. The van der Waals surface area contributed by atoms with Gasteiger partial charge in [-0.15, -0.1) is 0 Å². The van der Waals surface area contributed by atoms with Crippen molar-refractivity contribution in [2.75, 3.05) is 40.4 Å². The van der Waals surface area contributed by atoms with E-state index in [1.54, 1.807) is 0 Å². The van der Waals surface area contributed by atoms with Gasteiger partial charge in [-0.1, -0.05) is 0 Å². The van der Waals surface area contributed by atoms with E-state index in [1.165, 1.54) is 13.2 Å². The monoisotopic (exact) mass is 391 g/mol. The molecule has 7 nitrogen and oxygen atoms in total. The first-order valence-electron chi connectivity index (χ1n) is 8.63. The molecule has 1 N–H and O–H groups in total. The molecule has 0 bridgehead atoms. The topological polar surface area (TPSA) is 76.9 Å². The van der Waals surface area contributed by atoms with Gasteiger partial charge in [0.25, 0.3) is 5.69 Å². The third-order valence-electron chi connectivity index (χ3n) is 4.54. The fourth-order valence-electron chi connectivity index (χ4n) is 3.01. The van der Waals surface area contributed by atoms with Gasteiger partial charge < -0.3 is 19.7 Å². The van der Waals surface area contributed by atoms with Gasteiger partial charge in [-0.05, 0) is 51.5 Å². The van der Waals surface area contributed by atoms with E-state index in [0.717, 1.165) is 38.5 Å². The van der Waals surface area contributed by atoms with E-state index in [4.69, 9.17) is 4.74 Å². The molecule has 27 heavy (non-hydrogen) atoms. The summed E-state index contributed by atoms with van der Waals surface area (Å²) in [5.41, 5.74) is 0.0352. The maximum atomic E-state index is 12.4. The van der Waals surface area contributed by atoms with Crippen LogP contribution in [0.25, 0.3) is 0 Å². The van der Waals surface area contributed by atoms with Crippen molar-refractivity contribution in [3.05, 3.63) is 27.8 Å². The highest BCUT2D eigenvalue weighted by molar-refractivity contribution is 5.54. The van der Waals surface area contributed by atoms with Crippen LogP contribution < -0.4 is 14.8 Å². The number of piperidine rings is 1. The molecule has 1 fully saturated rings. The van der Waals surface area contributed by atoms with Gasteiger partial charge in [0.05, 0.1) is 18.1 Å². The van der Waals surface area contributed by atoms with Crippen LogP contribution in [0.1, 0.15) is 18.4 Å². The Labute approximate surface area is 155 Å². The Kier molecular flexibility index (Phi) is 7.25. The van der Waals surface area contributed by atoms with Crippen molar-refractivity contribution in [1.29, 1.82) is 0 Å². The lowest BCUT2D eigenvalue weighted by molar-refractivity contribution is -0.385. The molecule has 0 atom stereocenters. The van der Waals surface area contributed by atoms with E-state index in [9.17, 15) is 23.3 Å². The van der Waals surface area contributed by atoms with Crippen LogP contribution in [-0.4, -0.2) is 56.4 Å². The molecule has 0 radical (unpaired) electrons. The largest absolute Gasteiger partial charge is 0.493 e. The third kappa shape index (κ3) is 6.55. The van der Waals surface area contributed by atoms with Crippen LogP contribution in [0.4, 0.5) is 18.9 Å². The van der Waals surface area contributed by atoms with Gasteiger partial charge in [0.2, 0.25) is 0 Å². The van der Waals surface area contributed by atoms with Crippen LogP contribution in [-0.2, 0) is 6.54 Å². The Bertz CT molecular complexity index is 647. The van der Waals surface area contributed by atoms with Crippen molar-refractivity contribution in [2.24, 2.45) is 5.92 Å². The Hall–Kier alpha value is -2.07. The number of likely N-dealkylation sites (tertiary alicyclic amines) is 1. The number of alkyl halides is 3. The number of ether oxygens (including phenoxy) is 2. The van der Waals surface area contributed by atoms with Gasteiger partial charge in [-0.25, -0.2) is 0 Å². The second kappa shape index (κ2) is 9.23. The number of hydrogen-bond donors (Lipinski definition) is 1. The molecule has 0 saturated carbocycles. The molecule has 152 valence electrons. The molecule has 1 aliphatic heterocycles. The summed E-state index contributed by atoms with van der Waals surface area (Å²) in [4.78, 5) is 13.0. The minimum atomic E-state index is -4.55. The molecular formula is C17H24F3N3O4. The quantitative estimate of drug-likeness (QED) is 0.542. The van der Waals surface area contributed by atoms with Gasteiger partial charge >= 0.3 is 6.18 Å². The lowest BCUT2D eigenvalue weighted by Crippen LogP contribution is -2.34. The van der Waals surface area contributed by atoms with Crippen LogP contribution in [0.15, 0.2) is 12.1 Å². The van der Waals surface area contributed by atoms with E-state index in [2.05, 4.69) is 22.0 Å². The maximum absolute atomic E-state index is 12.4. The smallest absolute Gasteiger partial charge is 0.422 e. The molecule has 10 heteroatoms. The normalized spacial score (nSPS) is 16.3. The number of nitro benzene ring substituents is 1. The summed E-state index contributed by atoms with van der Waals surface area (Å²) in [5.74, 6) is 0.220. The van der Waals surface area contributed by atoms with Crippen molar-refractivity contribution in [3.63, 3.8) is 0 Å². The Morgan fingerprint density at radius 3 is 2.52 bits per heavy atom. The maximum Gasteiger partial charge on any atom is 0.422 e. The fourth-order valence-corrected chi connectivity index (χ4v) is 3.01. The van der Waals surface area contributed by atoms with Crippen molar-refractivity contribution in [2.45, 2.75) is 25.6 Å². The van der Waals surface area contributed by atoms with Crippen LogP contribution in [0.3, 0.4) is 0 Å². The molecule has 0 aliphatic carbocycles. The fraction of sp³-hybridized carbons (Fsp3) is 0.647. The SMILES string of the molecule is COc1cc(CNCC2CCN(C)CC2)c([N+](=O)[O-])cc1OCC(F)(F)F. The average Bonchev–Trinajstić information content (AvgIpc) is 2.60. The number of methoxy groups -OCH3 is 1. The number of nitrogens with one attached hydrogen (secondary N) is 1. The molecule has 0 unspecified atom stereocenters. The molecular weight excluding hydrogens is 367 g/mol. The molecule has 0 amide bonds. The molecule has 1 heterocycles. The highest BCUT2D eigenvalue weighted by Crippen LogP contribution is 2.35. The second-order valence-corrected chi connectivity index (χ2v) is 6.67. The van der Waals surface area contributed by atoms with Gasteiger partial charge in [0.1, 0.15) is 0 Å². The number of benzene rings is 1. The van der Waals surface area contributed by atoms with E-state index in [-0.39, 0.29) is 23.7 Å². The molecule has 1 aromatic carbocycles. The number of halogens is 3. The Morgan fingerprint density at radius 1 is 1.30 bits per heavy atom. The summed E-state index contributed by atoms with van der Waals surface area (Å²) in [6.45, 7) is 1.43. The Morgan fingerprint density at radius 2 is 1.96 bits per heavy atom.